The van der Waals surface area contributed by atoms with Crippen molar-refractivity contribution in [3.8, 4) is 11.6 Å². The number of fused-ring (bicyclic) bond motifs is 1. The summed E-state index contributed by atoms with van der Waals surface area (Å²) >= 11 is 6.87. The summed E-state index contributed by atoms with van der Waals surface area (Å²) in [6.45, 7) is 0.420. The molecule has 41 heavy (non-hydrogen) atoms. The van der Waals surface area contributed by atoms with E-state index >= 15 is 0 Å². The van der Waals surface area contributed by atoms with E-state index in [0.29, 0.717) is 40.4 Å². The van der Waals surface area contributed by atoms with Gasteiger partial charge < -0.3 is 24.9 Å². The third kappa shape index (κ3) is 4.90. The van der Waals surface area contributed by atoms with Gasteiger partial charge >= 0.3 is 0 Å². The number of pyridine rings is 2. The van der Waals surface area contributed by atoms with Crippen LogP contribution in [0.25, 0.3) is 5.52 Å². The number of ether oxygens (including phenoxy) is 2. The number of aromatic nitrogens is 2. The average molecular weight is 571 g/mol. The second-order valence-electron chi connectivity index (χ2n) is 11.7. The van der Waals surface area contributed by atoms with Crippen molar-refractivity contribution < 1.29 is 19.1 Å². The normalized spacial score (nSPS) is 23.0. The number of hydrogen-bond acceptors (Lipinski definition) is 5. The van der Waals surface area contributed by atoms with Crippen LogP contribution in [0.15, 0.2) is 66.9 Å². The Hall–Kier alpha value is -4.04. The van der Waals surface area contributed by atoms with Gasteiger partial charge in [-0.25, -0.2) is 4.98 Å². The summed E-state index contributed by atoms with van der Waals surface area (Å²) in [5.74, 6) is 0.676. The number of hydrogen-bond donors (Lipinski definition) is 2. The van der Waals surface area contributed by atoms with Crippen LogP contribution in [-0.4, -0.2) is 33.3 Å². The number of benzene rings is 1. The Kier molecular flexibility index (Phi) is 6.38. The van der Waals surface area contributed by atoms with E-state index in [4.69, 9.17) is 26.8 Å². The zero-order valence-electron chi connectivity index (χ0n) is 22.5. The number of nitrogens with zero attached hydrogens (tertiary/aromatic N) is 2. The predicted octanol–water partition coefficient (Wildman–Crippen LogP) is 5.66. The van der Waals surface area contributed by atoms with Gasteiger partial charge in [0.2, 0.25) is 5.88 Å². The van der Waals surface area contributed by atoms with Crippen LogP contribution in [0.2, 0.25) is 5.15 Å². The van der Waals surface area contributed by atoms with Crippen LogP contribution in [0.1, 0.15) is 76.4 Å². The number of nitrogens with two attached hydrogens (primary N) is 1. The number of primary amides is 1. The molecule has 3 saturated carbocycles. The van der Waals surface area contributed by atoms with Gasteiger partial charge in [-0.1, -0.05) is 41.9 Å². The highest BCUT2D eigenvalue weighted by Gasteiger charge is 2.54. The first-order valence-electron chi connectivity index (χ1n) is 14.1. The molecule has 3 fully saturated rings. The van der Waals surface area contributed by atoms with Crippen molar-refractivity contribution in [2.45, 2.75) is 63.2 Å². The molecule has 0 saturated heterocycles. The summed E-state index contributed by atoms with van der Waals surface area (Å²) < 4.78 is 14.0. The maximum absolute atomic E-state index is 13.5. The lowest BCUT2D eigenvalue weighted by atomic mass is 9.53. The van der Waals surface area contributed by atoms with Crippen molar-refractivity contribution >= 4 is 28.9 Å². The Balaban J connectivity index is 1.00. The third-order valence-electron chi connectivity index (χ3n) is 8.67. The fourth-order valence-corrected chi connectivity index (χ4v) is 6.78. The number of carbonyl (C=O) groups excluding carboxylic acids is 2. The summed E-state index contributed by atoms with van der Waals surface area (Å²) in [6.07, 6.45) is 7.33. The largest absolute Gasteiger partial charge is 0.486 e. The molecular weight excluding hydrogens is 540 g/mol. The lowest BCUT2D eigenvalue weighted by Crippen LogP contribution is -2.58. The van der Waals surface area contributed by atoms with Crippen molar-refractivity contribution in [3.63, 3.8) is 0 Å². The second kappa shape index (κ2) is 10.1. The maximum Gasteiger partial charge on any atom is 0.254 e. The van der Waals surface area contributed by atoms with Crippen LogP contribution >= 0.6 is 11.6 Å². The lowest BCUT2D eigenvalue weighted by molar-refractivity contribution is -0.0848. The highest BCUT2D eigenvalue weighted by Crippen LogP contribution is 2.57. The van der Waals surface area contributed by atoms with Gasteiger partial charge in [0.25, 0.3) is 11.8 Å². The van der Waals surface area contributed by atoms with E-state index in [1.54, 1.807) is 18.3 Å². The number of halogens is 1. The molecule has 0 aliphatic heterocycles. The quantitative estimate of drug-likeness (QED) is 0.252. The molecule has 1 spiro atoms. The Morgan fingerprint density at radius 1 is 1.02 bits per heavy atom. The molecule has 0 atom stereocenters. The predicted molar refractivity (Wildman–Crippen MR) is 154 cm³/mol. The molecule has 210 valence electrons. The molecule has 8 nitrogen and oxygen atoms in total. The first kappa shape index (κ1) is 25.9. The van der Waals surface area contributed by atoms with Gasteiger partial charge in [-0.2, -0.15) is 0 Å². The number of amides is 2. The third-order valence-corrected chi connectivity index (χ3v) is 9.02. The van der Waals surface area contributed by atoms with Crippen molar-refractivity contribution in [1.82, 2.24) is 14.7 Å². The Morgan fingerprint density at radius 2 is 1.80 bits per heavy atom. The Labute approximate surface area is 242 Å². The van der Waals surface area contributed by atoms with Gasteiger partial charge in [-0.3, -0.25) is 9.59 Å². The van der Waals surface area contributed by atoms with Gasteiger partial charge in [0, 0.05) is 17.9 Å². The first-order valence-corrected chi connectivity index (χ1v) is 14.5. The van der Waals surface area contributed by atoms with Crippen LogP contribution in [-0.2, 0) is 6.61 Å². The molecule has 3 aliphatic rings. The number of carbonyl (C=O) groups is 2. The van der Waals surface area contributed by atoms with E-state index in [0.717, 1.165) is 55.3 Å². The van der Waals surface area contributed by atoms with Crippen molar-refractivity contribution in [1.29, 1.82) is 0 Å². The summed E-state index contributed by atoms with van der Waals surface area (Å²) in [4.78, 5) is 29.3. The average Bonchev–Trinajstić information content (AvgIpc) is 3.70. The minimum absolute atomic E-state index is 0.00313. The second-order valence-corrected chi connectivity index (χ2v) is 12.0. The number of nitrogens with one attached hydrogen (secondary N) is 1. The molecule has 3 N–H and O–H groups in total. The topological polar surface area (TPSA) is 108 Å². The van der Waals surface area contributed by atoms with Crippen molar-refractivity contribution in [2.24, 2.45) is 11.1 Å². The highest BCUT2D eigenvalue weighted by molar-refractivity contribution is 6.31. The zero-order chi connectivity index (χ0) is 28.1. The molecule has 0 radical (unpaired) electrons. The fraction of sp³-hybridized carbons (Fsp3) is 0.344. The summed E-state index contributed by atoms with van der Waals surface area (Å²) in [6, 6.07) is 19.2. The van der Waals surface area contributed by atoms with Gasteiger partial charge in [-0.15, -0.1) is 0 Å². The summed E-state index contributed by atoms with van der Waals surface area (Å²) in [7, 11) is 0. The van der Waals surface area contributed by atoms with E-state index in [9.17, 15) is 9.59 Å². The van der Waals surface area contributed by atoms with Gasteiger partial charge in [0.1, 0.15) is 18.3 Å². The summed E-state index contributed by atoms with van der Waals surface area (Å²) in [5.41, 5.74) is 9.49. The molecule has 1 aromatic carbocycles. The van der Waals surface area contributed by atoms with Gasteiger partial charge in [-0.05, 0) is 85.8 Å². The molecule has 0 unspecified atom stereocenters. The summed E-state index contributed by atoms with van der Waals surface area (Å²) in [5, 5.41) is 3.74. The highest BCUT2D eigenvalue weighted by atomic mass is 35.5. The van der Waals surface area contributed by atoms with E-state index in [1.165, 1.54) is 0 Å². The number of rotatable bonds is 9. The zero-order valence-corrected chi connectivity index (χ0v) is 23.3. The monoisotopic (exact) mass is 570 g/mol. The standard InChI is InChI=1S/C32H31ClN4O4/c33-28-27(40-18-19-5-2-1-3-6-19)11-10-25-24(13-26(37(25)28)20-8-9-20)30(39)36-21-14-32(15-21)16-22(17-32)41-31-23(29(34)38)7-4-12-35-31/h1-7,10-13,20-22H,8-9,14-18H2,(H2,34,38)(H,36,39). The SMILES string of the molecule is NC(=O)c1cccnc1OC1CC2(CC(NC(=O)c3cc(C4CC4)n4c(Cl)c(OCc5ccccc5)ccc34)C2)C1. The van der Waals surface area contributed by atoms with Crippen molar-refractivity contribution in [3.05, 3.63) is 94.4 Å². The molecule has 3 aliphatic carbocycles. The van der Waals surface area contributed by atoms with Gasteiger partial charge in [0.15, 0.2) is 10.9 Å². The maximum atomic E-state index is 13.5. The molecule has 4 aromatic rings. The molecular formula is C32H31ClN4O4. The molecule has 3 heterocycles. The molecule has 7 rings (SSSR count). The molecule has 2 amide bonds. The van der Waals surface area contributed by atoms with E-state index in [1.807, 2.05) is 52.9 Å². The Bertz CT molecular complexity index is 1630. The minimum atomic E-state index is -0.547. The fourth-order valence-electron chi connectivity index (χ4n) is 6.47. The van der Waals surface area contributed by atoms with E-state index in [-0.39, 0.29) is 23.5 Å². The van der Waals surface area contributed by atoms with Crippen LogP contribution in [0.4, 0.5) is 0 Å². The van der Waals surface area contributed by atoms with Crippen LogP contribution in [0.5, 0.6) is 11.6 Å². The molecule has 9 heteroatoms. The van der Waals surface area contributed by atoms with Gasteiger partial charge in [0.05, 0.1) is 11.1 Å². The Morgan fingerprint density at radius 3 is 2.54 bits per heavy atom. The van der Waals surface area contributed by atoms with Crippen molar-refractivity contribution in [2.75, 3.05) is 0 Å². The smallest absolute Gasteiger partial charge is 0.254 e. The van der Waals surface area contributed by atoms with Crippen LogP contribution < -0.4 is 20.5 Å². The minimum Gasteiger partial charge on any atom is -0.486 e. The lowest BCUT2D eigenvalue weighted by Gasteiger charge is -2.57. The van der Waals surface area contributed by atoms with Crippen LogP contribution in [0.3, 0.4) is 0 Å². The molecule has 3 aromatic heterocycles. The molecule has 0 bridgehead atoms. The van der Waals surface area contributed by atoms with E-state index in [2.05, 4.69) is 10.3 Å². The van der Waals surface area contributed by atoms with E-state index < -0.39 is 5.91 Å². The first-order chi connectivity index (χ1) is 19.9. The van der Waals surface area contributed by atoms with Crippen LogP contribution in [0, 0.1) is 5.41 Å².